The molecule has 0 amide bonds. The standard InChI is InChI=1S/C8H14F4O4/c1-3-15-5(13)7(9,10)8(11,12)6(14)16-4-2/h5-6,13-14H,3-4H2,1-2H3. The predicted octanol–water partition coefficient (Wildman–Crippen LogP) is 0.967. The van der Waals surface area contributed by atoms with Gasteiger partial charge in [-0.2, -0.15) is 17.6 Å². The van der Waals surface area contributed by atoms with Crippen molar-refractivity contribution in [2.75, 3.05) is 13.2 Å². The Bertz CT molecular complexity index is 190. The van der Waals surface area contributed by atoms with E-state index in [-0.39, 0.29) is 13.2 Å². The van der Waals surface area contributed by atoms with Gasteiger partial charge in [0.1, 0.15) is 0 Å². The van der Waals surface area contributed by atoms with Crippen LogP contribution in [-0.4, -0.2) is 47.9 Å². The second kappa shape index (κ2) is 5.76. The van der Waals surface area contributed by atoms with Crippen molar-refractivity contribution in [3.8, 4) is 0 Å². The molecule has 0 aliphatic rings. The van der Waals surface area contributed by atoms with Crippen LogP contribution in [0.1, 0.15) is 13.8 Å². The Kier molecular flexibility index (Phi) is 5.60. The summed E-state index contributed by atoms with van der Waals surface area (Å²) in [5.41, 5.74) is 0. The van der Waals surface area contributed by atoms with E-state index in [1.54, 1.807) is 0 Å². The molecule has 16 heavy (non-hydrogen) atoms. The molecule has 8 heteroatoms. The molecule has 0 spiro atoms. The molecular weight excluding hydrogens is 236 g/mol. The zero-order chi connectivity index (χ0) is 13.0. The van der Waals surface area contributed by atoms with Crippen LogP contribution < -0.4 is 0 Å². The summed E-state index contributed by atoms with van der Waals surface area (Å²) >= 11 is 0. The van der Waals surface area contributed by atoms with Crippen LogP contribution in [0.3, 0.4) is 0 Å². The third-order valence-electron chi connectivity index (χ3n) is 1.71. The van der Waals surface area contributed by atoms with Crippen molar-refractivity contribution in [2.24, 2.45) is 0 Å². The first-order chi connectivity index (χ1) is 7.21. The van der Waals surface area contributed by atoms with Gasteiger partial charge >= 0.3 is 11.8 Å². The van der Waals surface area contributed by atoms with Crippen molar-refractivity contribution >= 4 is 0 Å². The average molecular weight is 250 g/mol. The van der Waals surface area contributed by atoms with E-state index in [0.29, 0.717) is 0 Å². The number of hydrogen-bond donors (Lipinski definition) is 2. The summed E-state index contributed by atoms with van der Waals surface area (Å²) in [4.78, 5) is 0. The number of hydrogen-bond acceptors (Lipinski definition) is 4. The molecule has 0 aliphatic heterocycles. The van der Waals surface area contributed by atoms with E-state index in [2.05, 4.69) is 9.47 Å². The number of alkyl halides is 4. The van der Waals surface area contributed by atoms with Crippen molar-refractivity contribution in [1.82, 2.24) is 0 Å². The Morgan fingerprint density at radius 3 is 1.31 bits per heavy atom. The number of halogens is 4. The minimum absolute atomic E-state index is 0.377. The molecule has 98 valence electrons. The molecule has 0 aromatic carbocycles. The molecular formula is C8H14F4O4. The van der Waals surface area contributed by atoms with Gasteiger partial charge in [0.25, 0.3) is 0 Å². The van der Waals surface area contributed by atoms with Crippen LogP contribution in [0, 0.1) is 0 Å². The minimum atomic E-state index is -4.95. The minimum Gasteiger partial charge on any atom is -0.363 e. The fourth-order valence-electron chi connectivity index (χ4n) is 0.854. The number of ether oxygens (including phenoxy) is 2. The molecule has 2 atom stereocenters. The lowest BCUT2D eigenvalue weighted by molar-refractivity contribution is -0.367. The Balaban J connectivity index is 4.81. The smallest absolute Gasteiger partial charge is 0.363 e. The third kappa shape index (κ3) is 3.03. The zero-order valence-electron chi connectivity index (χ0n) is 8.79. The van der Waals surface area contributed by atoms with Gasteiger partial charge in [0.15, 0.2) is 0 Å². The highest BCUT2D eigenvalue weighted by Crippen LogP contribution is 2.40. The molecule has 0 saturated carbocycles. The van der Waals surface area contributed by atoms with Crippen LogP contribution in [0.15, 0.2) is 0 Å². The van der Waals surface area contributed by atoms with Gasteiger partial charge in [-0.25, -0.2) is 0 Å². The first-order valence-electron chi connectivity index (χ1n) is 4.56. The molecule has 4 nitrogen and oxygen atoms in total. The quantitative estimate of drug-likeness (QED) is 0.522. The fourth-order valence-corrected chi connectivity index (χ4v) is 0.854. The summed E-state index contributed by atoms with van der Waals surface area (Å²) in [5.74, 6) is -9.89. The molecule has 0 fully saturated rings. The first kappa shape index (κ1) is 15.6. The molecule has 0 heterocycles. The molecule has 0 aromatic heterocycles. The molecule has 0 bridgehead atoms. The van der Waals surface area contributed by atoms with Gasteiger partial charge in [-0.15, -0.1) is 0 Å². The summed E-state index contributed by atoms with van der Waals surface area (Å²) in [6, 6.07) is 0. The fraction of sp³-hybridized carbons (Fsp3) is 1.00. The summed E-state index contributed by atoms with van der Waals surface area (Å²) in [6.07, 6.45) is -6.02. The normalized spacial score (nSPS) is 17.2. The van der Waals surface area contributed by atoms with Crippen molar-refractivity contribution in [3.63, 3.8) is 0 Å². The van der Waals surface area contributed by atoms with E-state index in [4.69, 9.17) is 10.2 Å². The van der Waals surface area contributed by atoms with E-state index < -0.39 is 24.4 Å². The third-order valence-corrected chi connectivity index (χ3v) is 1.71. The van der Waals surface area contributed by atoms with E-state index in [1.807, 2.05) is 0 Å². The van der Waals surface area contributed by atoms with Gasteiger partial charge < -0.3 is 19.7 Å². The highest BCUT2D eigenvalue weighted by molar-refractivity contribution is 4.89. The summed E-state index contributed by atoms with van der Waals surface area (Å²) in [7, 11) is 0. The van der Waals surface area contributed by atoms with Gasteiger partial charge in [0.2, 0.25) is 12.6 Å². The monoisotopic (exact) mass is 250 g/mol. The Labute approximate surface area is 89.8 Å². The maximum absolute atomic E-state index is 13.0. The maximum Gasteiger partial charge on any atom is 0.364 e. The van der Waals surface area contributed by atoms with Crippen LogP contribution in [0.4, 0.5) is 17.6 Å². The molecule has 2 unspecified atom stereocenters. The van der Waals surface area contributed by atoms with Gasteiger partial charge in [-0.1, -0.05) is 0 Å². The molecule has 0 radical (unpaired) electrons. The molecule has 0 aliphatic carbocycles. The van der Waals surface area contributed by atoms with Crippen LogP contribution in [-0.2, 0) is 9.47 Å². The highest BCUT2D eigenvalue weighted by Gasteiger charge is 2.66. The summed E-state index contributed by atoms with van der Waals surface area (Å²) in [6.45, 7) is 1.74. The number of aliphatic hydroxyl groups is 2. The van der Waals surface area contributed by atoms with E-state index in [0.717, 1.165) is 0 Å². The van der Waals surface area contributed by atoms with Gasteiger partial charge in [0, 0.05) is 13.2 Å². The van der Waals surface area contributed by atoms with Crippen LogP contribution in [0.25, 0.3) is 0 Å². The van der Waals surface area contributed by atoms with Crippen LogP contribution >= 0.6 is 0 Å². The van der Waals surface area contributed by atoms with Gasteiger partial charge in [-0.05, 0) is 13.8 Å². The van der Waals surface area contributed by atoms with Crippen molar-refractivity contribution in [3.05, 3.63) is 0 Å². The summed E-state index contributed by atoms with van der Waals surface area (Å²) in [5, 5.41) is 17.4. The number of rotatable bonds is 7. The Morgan fingerprint density at radius 2 is 1.12 bits per heavy atom. The van der Waals surface area contributed by atoms with Gasteiger partial charge in [0.05, 0.1) is 0 Å². The predicted molar refractivity (Wildman–Crippen MR) is 45.2 cm³/mol. The van der Waals surface area contributed by atoms with E-state index in [1.165, 1.54) is 13.8 Å². The second-order valence-corrected chi connectivity index (χ2v) is 2.86. The molecule has 0 aromatic rings. The Hall–Kier alpha value is -0.440. The van der Waals surface area contributed by atoms with Crippen molar-refractivity contribution < 1.29 is 37.2 Å². The highest BCUT2D eigenvalue weighted by atomic mass is 19.3. The zero-order valence-corrected chi connectivity index (χ0v) is 8.79. The number of aliphatic hydroxyl groups excluding tert-OH is 2. The van der Waals surface area contributed by atoms with Crippen LogP contribution in [0.5, 0.6) is 0 Å². The lowest BCUT2D eigenvalue weighted by Gasteiger charge is -2.32. The topological polar surface area (TPSA) is 58.9 Å². The Morgan fingerprint density at radius 1 is 0.875 bits per heavy atom. The SMILES string of the molecule is CCOC(O)C(F)(F)C(F)(F)C(O)OCC. The average Bonchev–Trinajstić information content (AvgIpc) is 2.18. The van der Waals surface area contributed by atoms with Crippen LogP contribution in [0.2, 0.25) is 0 Å². The van der Waals surface area contributed by atoms with E-state index in [9.17, 15) is 17.6 Å². The lowest BCUT2D eigenvalue weighted by atomic mass is 10.1. The lowest BCUT2D eigenvalue weighted by Crippen LogP contribution is -2.57. The first-order valence-corrected chi connectivity index (χ1v) is 4.56. The van der Waals surface area contributed by atoms with Crippen molar-refractivity contribution in [1.29, 1.82) is 0 Å². The van der Waals surface area contributed by atoms with Crippen molar-refractivity contribution in [2.45, 2.75) is 38.3 Å². The largest absolute Gasteiger partial charge is 0.364 e. The molecule has 0 saturated heterocycles. The maximum atomic E-state index is 13.0. The molecule has 0 rings (SSSR count). The second-order valence-electron chi connectivity index (χ2n) is 2.86. The van der Waals surface area contributed by atoms with E-state index >= 15 is 0 Å². The summed E-state index contributed by atoms with van der Waals surface area (Å²) < 4.78 is 59.9. The molecule has 2 N–H and O–H groups in total. The van der Waals surface area contributed by atoms with Gasteiger partial charge in [-0.3, -0.25) is 0 Å².